The smallest absolute Gasteiger partial charge is 0.240 e. The van der Waals surface area contributed by atoms with Crippen molar-refractivity contribution in [3.63, 3.8) is 0 Å². The van der Waals surface area contributed by atoms with E-state index < -0.39 is 10.0 Å². The number of hydrogen-bond acceptors (Lipinski definition) is 3. The van der Waals surface area contributed by atoms with Gasteiger partial charge in [-0.3, -0.25) is 0 Å². The minimum absolute atomic E-state index is 0.197. The normalized spacial score (nSPS) is 17.0. The number of benzene rings is 1. The van der Waals surface area contributed by atoms with Gasteiger partial charge in [0.15, 0.2) is 0 Å². The van der Waals surface area contributed by atoms with Gasteiger partial charge >= 0.3 is 0 Å². The van der Waals surface area contributed by atoms with E-state index >= 15 is 0 Å². The van der Waals surface area contributed by atoms with Gasteiger partial charge in [-0.1, -0.05) is 36.9 Å². The number of rotatable bonds is 7. The van der Waals surface area contributed by atoms with E-state index in [1.807, 2.05) is 0 Å². The summed E-state index contributed by atoms with van der Waals surface area (Å²) in [5, 5.41) is 0.415. The molecule has 21 heavy (non-hydrogen) atoms. The Bertz CT molecular complexity index is 542. The summed E-state index contributed by atoms with van der Waals surface area (Å²) in [5.41, 5.74) is 0. The van der Waals surface area contributed by atoms with Crippen LogP contribution in [0.15, 0.2) is 29.2 Å². The van der Waals surface area contributed by atoms with E-state index in [2.05, 4.69) is 4.72 Å². The maximum absolute atomic E-state index is 12.0. The van der Waals surface area contributed by atoms with Crippen molar-refractivity contribution < 1.29 is 13.2 Å². The maximum Gasteiger partial charge on any atom is 0.240 e. The van der Waals surface area contributed by atoms with Crippen molar-refractivity contribution in [1.82, 2.24) is 4.72 Å². The lowest BCUT2D eigenvalue weighted by Gasteiger charge is -2.21. The third kappa shape index (κ3) is 5.58. The average Bonchev–Trinajstić information content (AvgIpc) is 2.48. The van der Waals surface area contributed by atoms with Crippen molar-refractivity contribution in [2.45, 2.75) is 49.5 Å². The quantitative estimate of drug-likeness (QED) is 0.779. The molecule has 0 heterocycles. The fourth-order valence-electron chi connectivity index (χ4n) is 2.48. The summed E-state index contributed by atoms with van der Waals surface area (Å²) < 4.78 is 32.4. The second kappa shape index (κ2) is 8.13. The Hall–Kier alpha value is -0.620. The standard InChI is InChI=1S/C15H22ClNO3S/c16-13-6-4-9-15(12-13)21(18,19)17-10-5-11-20-14-7-2-1-3-8-14/h4,6,9,12,14,17H,1-3,5,7-8,10-11H2. The molecule has 1 aromatic carbocycles. The van der Waals surface area contributed by atoms with Gasteiger partial charge in [-0.05, 0) is 37.5 Å². The molecule has 0 saturated heterocycles. The zero-order chi connectivity index (χ0) is 15.1. The molecule has 0 amide bonds. The van der Waals surface area contributed by atoms with Crippen LogP contribution in [0.3, 0.4) is 0 Å². The first-order chi connectivity index (χ1) is 10.1. The molecule has 1 fully saturated rings. The van der Waals surface area contributed by atoms with Crippen LogP contribution in [0.5, 0.6) is 0 Å². The van der Waals surface area contributed by atoms with Gasteiger partial charge in [-0.15, -0.1) is 0 Å². The molecule has 1 N–H and O–H groups in total. The highest BCUT2D eigenvalue weighted by molar-refractivity contribution is 7.89. The Labute approximate surface area is 131 Å². The van der Waals surface area contributed by atoms with E-state index in [9.17, 15) is 8.42 Å². The van der Waals surface area contributed by atoms with Crippen molar-refractivity contribution >= 4 is 21.6 Å². The molecule has 0 aliphatic heterocycles. The molecular weight excluding hydrogens is 310 g/mol. The second-order valence-corrected chi connectivity index (χ2v) is 7.54. The molecule has 0 spiro atoms. The average molecular weight is 332 g/mol. The van der Waals surface area contributed by atoms with E-state index in [0.29, 0.717) is 30.7 Å². The maximum atomic E-state index is 12.0. The Morgan fingerprint density at radius 1 is 1.24 bits per heavy atom. The third-order valence-electron chi connectivity index (χ3n) is 3.63. The van der Waals surface area contributed by atoms with Crippen LogP contribution in [-0.2, 0) is 14.8 Å². The largest absolute Gasteiger partial charge is 0.378 e. The van der Waals surface area contributed by atoms with Crippen LogP contribution in [-0.4, -0.2) is 27.7 Å². The van der Waals surface area contributed by atoms with Crippen LogP contribution in [0.2, 0.25) is 5.02 Å². The lowest BCUT2D eigenvalue weighted by Crippen LogP contribution is -2.26. The minimum atomic E-state index is -3.48. The summed E-state index contributed by atoms with van der Waals surface area (Å²) in [6.45, 7) is 0.976. The molecule has 0 atom stereocenters. The molecule has 6 heteroatoms. The van der Waals surface area contributed by atoms with E-state index in [4.69, 9.17) is 16.3 Å². The Kier molecular flexibility index (Phi) is 6.48. The number of hydrogen-bond donors (Lipinski definition) is 1. The lowest BCUT2D eigenvalue weighted by molar-refractivity contribution is 0.0278. The topological polar surface area (TPSA) is 55.4 Å². The first kappa shape index (κ1) is 16.7. The highest BCUT2D eigenvalue weighted by Crippen LogP contribution is 2.20. The van der Waals surface area contributed by atoms with Crippen LogP contribution in [0.4, 0.5) is 0 Å². The molecule has 4 nitrogen and oxygen atoms in total. The molecule has 0 bridgehead atoms. The van der Waals surface area contributed by atoms with E-state index in [0.717, 1.165) is 12.8 Å². The molecule has 2 rings (SSSR count). The lowest BCUT2D eigenvalue weighted by atomic mass is 9.98. The van der Waals surface area contributed by atoms with Crippen LogP contribution >= 0.6 is 11.6 Å². The van der Waals surface area contributed by atoms with Crippen LogP contribution < -0.4 is 4.72 Å². The van der Waals surface area contributed by atoms with Crippen LogP contribution in [0.1, 0.15) is 38.5 Å². The van der Waals surface area contributed by atoms with Gasteiger partial charge in [0, 0.05) is 18.2 Å². The molecule has 1 aliphatic rings. The van der Waals surface area contributed by atoms with E-state index in [1.165, 1.54) is 31.4 Å². The molecule has 118 valence electrons. The van der Waals surface area contributed by atoms with Gasteiger partial charge < -0.3 is 4.74 Å². The van der Waals surface area contributed by atoms with Gasteiger partial charge in [0.25, 0.3) is 0 Å². The highest BCUT2D eigenvalue weighted by Gasteiger charge is 2.15. The summed E-state index contributed by atoms with van der Waals surface area (Å²) >= 11 is 5.81. The molecule has 1 aliphatic carbocycles. The molecule has 0 aromatic heterocycles. The number of ether oxygens (including phenoxy) is 1. The molecule has 0 radical (unpaired) electrons. The molecule has 1 aromatic rings. The van der Waals surface area contributed by atoms with E-state index in [1.54, 1.807) is 12.1 Å². The molecular formula is C15H22ClNO3S. The van der Waals surface area contributed by atoms with Crippen molar-refractivity contribution in [2.24, 2.45) is 0 Å². The fraction of sp³-hybridized carbons (Fsp3) is 0.600. The second-order valence-electron chi connectivity index (χ2n) is 5.34. The van der Waals surface area contributed by atoms with Crippen molar-refractivity contribution in [1.29, 1.82) is 0 Å². The summed E-state index contributed by atoms with van der Waals surface area (Å²) in [6, 6.07) is 6.26. The summed E-state index contributed by atoms with van der Waals surface area (Å²) in [4.78, 5) is 0.197. The van der Waals surface area contributed by atoms with Gasteiger partial charge in [-0.25, -0.2) is 13.1 Å². The number of nitrogens with one attached hydrogen (secondary N) is 1. The van der Waals surface area contributed by atoms with Gasteiger partial charge in [0.1, 0.15) is 0 Å². The summed E-state index contributed by atoms with van der Waals surface area (Å²) in [6.07, 6.45) is 7.10. The van der Waals surface area contributed by atoms with Gasteiger partial charge in [-0.2, -0.15) is 0 Å². The molecule has 1 saturated carbocycles. The van der Waals surface area contributed by atoms with Crippen LogP contribution in [0.25, 0.3) is 0 Å². The van der Waals surface area contributed by atoms with Gasteiger partial charge in [0.05, 0.1) is 11.0 Å². The summed E-state index contributed by atoms with van der Waals surface area (Å²) in [5.74, 6) is 0. The number of halogens is 1. The van der Waals surface area contributed by atoms with Crippen molar-refractivity contribution in [3.8, 4) is 0 Å². The zero-order valence-corrected chi connectivity index (χ0v) is 13.6. The Balaban J connectivity index is 1.70. The van der Waals surface area contributed by atoms with Gasteiger partial charge in [0.2, 0.25) is 10.0 Å². The van der Waals surface area contributed by atoms with Crippen molar-refractivity contribution in [2.75, 3.05) is 13.2 Å². The van der Waals surface area contributed by atoms with E-state index in [-0.39, 0.29) is 4.90 Å². The summed E-state index contributed by atoms with van der Waals surface area (Å²) in [7, 11) is -3.48. The number of sulfonamides is 1. The zero-order valence-electron chi connectivity index (χ0n) is 12.1. The first-order valence-electron chi connectivity index (χ1n) is 7.45. The third-order valence-corrected chi connectivity index (χ3v) is 5.32. The van der Waals surface area contributed by atoms with Crippen molar-refractivity contribution in [3.05, 3.63) is 29.3 Å². The Morgan fingerprint density at radius 3 is 2.71 bits per heavy atom. The first-order valence-corrected chi connectivity index (χ1v) is 9.31. The monoisotopic (exact) mass is 331 g/mol. The molecule has 0 unspecified atom stereocenters. The predicted molar refractivity (Wildman–Crippen MR) is 84.1 cm³/mol. The minimum Gasteiger partial charge on any atom is -0.378 e. The SMILES string of the molecule is O=S(=O)(NCCCOC1CCCCC1)c1cccc(Cl)c1. The Morgan fingerprint density at radius 2 is 2.00 bits per heavy atom. The van der Waals surface area contributed by atoms with Crippen LogP contribution in [0, 0.1) is 0 Å². The highest BCUT2D eigenvalue weighted by atomic mass is 35.5. The predicted octanol–water partition coefficient (Wildman–Crippen LogP) is 3.36. The fourth-order valence-corrected chi connectivity index (χ4v) is 3.85.